The fourth-order valence-electron chi connectivity index (χ4n) is 2.36. The Hall–Kier alpha value is -2.59. The first-order valence-corrected chi connectivity index (χ1v) is 9.27. The van der Waals surface area contributed by atoms with Crippen LogP contribution in [0.25, 0.3) is 10.3 Å². The van der Waals surface area contributed by atoms with E-state index in [4.69, 9.17) is 9.47 Å². The molecule has 0 atom stereocenters. The van der Waals surface area contributed by atoms with Gasteiger partial charge in [-0.2, -0.15) is 0 Å². The van der Waals surface area contributed by atoms with Crippen LogP contribution in [0.15, 0.2) is 33.7 Å². The first-order chi connectivity index (χ1) is 12.1. The molecule has 3 heterocycles. The lowest BCUT2D eigenvalue weighted by atomic mass is 10.3. The number of nitrogens with zero attached hydrogens (tertiary/aromatic N) is 3. The van der Waals surface area contributed by atoms with Gasteiger partial charge in [0.05, 0.1) is 0 Å². The van der Waals surface area contributed by atoms with Gasteiger partial charge in [-0.1, -0.05) is 11.8 Å². The third-order valence-corrected chi connectivity index (χ3v) is 5.53. The van der Waals surface area contributed by atoms with Crippen LogP contribution in [-0.2, 0) is 11.3 Å². The van der Waals surface area contributed by atoms with Crippen LogP contribution in [0.1, 0.15) is 0 Å². The summed E-state index contributed by atoms with van der Waals surface area (Å²) in [5, 5.41) is 2.73. The highest BCUT2D eigenvalue weighted by atomic mass is 32.2. The molecule has 1 aromatic carbocycles. The van der Waals surface area contributed by atoms with Gasteiger partial charge in [0.1, 0.15) is 17.6 Å². The van der Waals surface area contributed by atoms with Crippen LogP contribution in [0.2, 0.25) is 0 Å². The van der Waals surface area contributed by atoms with Gasteiger partial charge < -0.3 is 14.8 Å². The van der Waals surface area contributed by atoms with Gasteiger partial charge in [0.2, 0.25) is 12.7 Å². The van der Waals surface area contributed by atoms with Crippen LogP contribution in [0, 0.1) is 0 Å². The number of anilines is 1. The molecule has 128 valence electrons. The topological polar surface area (TPSA) is 95.3 Å². The number of amides is 1. The summed E-state index contributed by atoms with van der Waals surface area (Å²) in [6.07, 6.45) is 3.22. The molecule has 10 heteroatoms. The molecule has 1 N–H and O–H groups in total. The molecule has 0 spiro atoms. The number of ether oxygens (including phenoxy) is 2. The zero-order valence-corrected chi connectivity index (χ0v) is 14.6. The van der Waals surface area contributed by atoms with Crippen molar-refractivity contribution in [2.75, 3.05) is 18.4 Å². The van der Waals surface area contributed by atoms with E-state index in [2.05, 4.69) is 15.3 Å². The predicted molar refractivity (Wildman–Crippen MR) is 94.7 cm³/mol. The number of fused-ring (bicyclic) bond motifs is 2. The minimum atomic E-state index is -0.336. The number of rotatable bonds is 4. The molecule has 2 aromatic heterocycles. The van der Waals surface area contributed by atoms with Crippen LogP contribution in [-0.4, -0.2) is 33.5 Å². The number of thiazole rings is 1. The van der Waals surface area contributed by atoms with Crippen molar-refractivity contribution in [3.63, 3.8) is 0 Å². The van der Waals surface area contributed by atoms with E-state index in [9.17, 15) is 9.59 Å². The first-order valence-electron chi connectivity index (χ1n) is 7.23. The molecule has 0 fully saturated rings. The van der Waals surface area contributed by atoms with Crippen molar-refractivity contribution < 1.29 is 14.3 Å². The minimum Gasteiger partial charge on any atom is -0.454 e. The number of carbonyl (C=O) groups excluding carboxylic acids is 1. The number of thioether (sulfide) groups is 1. The van der Waals surface area contributed by atoms with Gasteiger partial charge >= 0.3 is 0 Å². The molecule has 1 aliphatic rings. The molecule has 0 aliphatic carbocycles. The maximum absolute atomic E-state index is 12.5. The largest absolute Gasteiger partial charge is 0.454 e. The fraction of sp³-hybridized carbons (Fsp3) is 0.200. The van der Waals surface area contributed by atoms with Crippen molar-refractivity contribution in [1.82, 2.24) is 14.5 Å². The SMILES string of the molecule is CSc1nc2ncn(CC(=O)Nc3ccc4c(c3)OCO4)c(=O)c2s1. The van der Waals surface area contributed by atoms with E-state index in [0.717, 1.165) is 4.34 Å². The summed E-state index contributed by atoms with van der Waals surface area (Å²) in [6, 6.07) is 5.11. The van der Waals surface area contributed by atoms with Crippen LogP contribution in [0.3, 0.4) is 0 Å². The Balaban J connectivity index is 1.53. The lowest BCUT2D eigenvalue weighted by Gasteiger charge is -2.07. The zero-order valence-electron chi connectivity index (χ0n) is 13.0. The van der Waals surface area contributed by atoms with Gasteiger partial charge in [0, 0.05) is 11.8 Å². The van der Waals surface area contributed by atoms with Crippen molar-refractivity contribution in [3.05, 3.63) is 34.9 Å². The maximum Gasteiger partial charge on any atom is 0.273 e. The Morgan fingerprint density at radius 1 is 1.40 bits per heavy atom. The van der Waals surface area contributed by atoms with E-state index in [1.165, 1.54) is 34.0 Å². The smallest absolute Gasteiger partial charge is 0.273 e. The highest BCUT2D eigenvalue weighted by Gasteiger charge is 2.15. The van der Waals surface area contributed by atoms with E-state index in [-0.39, 0.29) is 24.8 Å². The van der Waals surface area contributed by atoms with Crippen LogP contribution >= 0.6 is 23.1 Å². The standard InChI is InChI=1S/C15H12N4O4S2/c1-24-15-18-13-12(25-15)14(21)19(6-16-13)5-11(20)17-8-2-3-9-10(4-8)23-7-22-9/h2-4,6H,5,7H2,1H3,(H,17,20). The Labute approximate surface area is 149 Å². The highest BCUT2D eigenvalue weighted by Crippen LogP contribution is 2.34. The van der Waals surface area contributed by atoms with Crippen molar-refractivity contribution in [3.8, 4) is 11.5 Å². The van der Waals surface area contributed by atoms with E-state index in [1.54, 1.807) is 18.2 Å². The van der Waals surface area contributed by atoms with Crippen LogP contribution < -0.4 is 20.3 Å². The summed E-state index contributed by atoms with van der Waals surface area (Å²) in [6.45, 7) is 0.0312. The number of benzene rings is 1. The molecule has 8 nitrogen and oxygen atoms in total. The summed E-state index contributed by atoms with van der Waals surface area (Å²) in [7, 11) is 0. The van der Waals surface area contributed by atoms with Gasteiger partial charge in [-0.3, -0.25) is 14.2 Å². The second-order valence-corrected chi connectivity index (χ2v) is 7.18. The third-order valence-electron chi connectivity index (χ3n) is 3.51. The minimum absolute atomic E-state index is 0.136. The molecule has 25 heavy (non-hydrogen) atoms. The van der Waals surface area contributed by atoms with Gasteiger partial charge in [0.15, 0.2) is 21.5 Å². The van der Waals surface area contributed by atoms with Gasteiger partial charge in [0.25, 0.3) is 5.56 Å². The summed E-state index contributed by atoms with van der Waals surface area (Å²) in [5.41, 5.74) is 0.703. The average molecular weight is 376 g/mol. The Morgan fingerprint density at radius 3 is 3.08 bits per heavy atom. The fourth-order valence-corrected chi connectivity index (χ4v) is 3.82. The van der Waals surface area contributed by atoms with E-state index >= 15 is 0 Å². The summed E-state index contributed by atoms with van der Waals surface area (Å²) >= 11 is 2.73. The second-order valence-electron chi connectivity index (χ2n) is 5.13. The monoisotopic (exact) mass is 376 g/mol. The van der Waals surface area contributed by atoms with Gasteiger partial charge in [-0.15, -0.1) is 11.3 Å². The first kappa shape index (κ1) is 15.9. The lowest BCUT2D eigenvalue weighted by molar-refractivity contribution is -0.116. The van der Waals surface area contributed by atoms with Crippen molar-refractivity contribution in [1.29, 1.82) is 0 Å². The van der Waals surface area contributed by atoms with Crippen LogP contribution in [0.4, 0.5) is 5.69 Å². The highest BCUT2D eigenvalue weighted by molar-refractivity contribution is 8.00. The Bertz CT molecular complexity index is 1030. The number of hydrogen-bond donors (Lipinski definition) is 1. The number of nitrogens with one attached hydrogen (secondary N) is 1. The molecule has 0 radical (unpaired) electrons. The molecule has 3 aromatic rings. The predicted octanol–water partition coefficient (Wildman–Crippen LogP) is 1.94. The number of aromatic nitrogens is 3. The second kappa shape index (κ2) is 6.37. The van der Waals surface area contributed by atoms with E-state index < -0.39 is 0 Å². The molecular formula is C15H12N4O4S2. The van der Waals surface area contributed by atoms with E-state index in [0.29, 0.717) is 27.5 Å². The van der Waals surface area contributed by atoms with Gasteiger partial charge in [-0.05, 0) is 18.4 Å². The summed E-state index contributed by atoms with van der Waals surface area (Å²) in [4.78, 5) is 33.1. The van der Waals surface area contributed by atoms with Gasteiger partial charge in [-0.25, -0.2) is 9.97 Å². The molecule has 0 saturated carbocycles. The quantitative estimate of drug-likeness (QED) is 0.695. The molecule has 0 bridgehead atoms. The van der Waals surface area contributed by atoms with Crippen molar-refractivity contribution in [2.45, 2.75) is 10.9 Å². The number of hydrogen-bond acceptors (Lipinski definition) is 8. The summed E-state index contributed by atoms with van der Waals surface area (Å²) in [5.74, 6) is 0.877. The van der Waals surface area contributed by atoms with E-state index in [1.807, 2.05) is 6.26 Å². The normalized spacial score (nSPS) is 12.5. The van der Waals surface area contributed by atoms with Crippen molar-refractivity contribution >= 4 is 45.0 Å². The molecule has 0 saturated heterocycles. The Morgan fingerprint density at radius 2 is 2.24 bits per heavy atom. The van der Waals surface area contributed by atoms with Crippen molar-refractivity contribution in [2.24, 2.45) is 0 Å². The number of carbonyl (C=O) groups is 1. The zero-order chi connectivity index (χ0) is 17.4. The maximum atomic E-state index is 12.5. The average Bonchev–Trinajstić information content (AvgIpc) is 3.23. The lowest BCUT2D eigenvalue weighted by Crippen LogP contribution is -2.27. The summed E-state index contributed by atoms with van der Waals surface area (Å²) < 4.78 is 13.0. The third kappa shape index (κ3) is 3.05. The molecule has 1 amide bonds. The molecule has 1 aliphatic heterocycles. The molecule has 4 rings (SSSR count). The molecular weight excluding hydrogens is 364 g/mol. The molecule has 0 unspecified atom stereocenters. The van der Waals surface area contributed by atoms with Crippen LogP contribution in [0.5, 0.6) is 11.5 Å². The Kier molecular flexibility index (Phi) is 4.06.